The summed E-state index contributed by atoms with van der Waals surface area (Å²) in [6, 6.07) is 1.65. The lowest BCUT2D eigenvalue weighted by atomic mass is 10.3. The molecule has 0 aliphatic rings. The van der Waals surface area contributed by atoms with Crippen LogP contribution >= 0.6 is 0 Å². The van der Waals surface area contributed by atoms with Crippen LogP contribution in [0.4, 0.5) is 4.79 Å². The lowest BCUT2D eigenvalue weighted by Gasteiger charge is -2.15. The van der Waals surface area contributed by atoms with Crippen molar-refractivity contribution >= 4 is 6.03 Å². The molecular formula is C10H15N3O2. The standard InChI is InChI=1S/C10H15N3O2/c1-4-5-11-10(14)13(3)7-9-6-8(2)15-12-9/h4,6H,1,5,7H2,2-3H3,(H,11,14). The van der Waals surface area contributed by atoms with Crippen molar-refractivity contribution in [3.63, 3.8) is 0 Å². The molecule has 0 radical (unpaired) electrons. The van der Waals surface area contributed by atoms with Gasteiger partial charge in [-0.1, -0.05) is 11.2 Å². The van der Waals surface area contributed by atoms with Crippen LogP contribution in [0.3, 0.4) is 0 Å². The molecule has 0 spiro atoms. The zero-order chi connectivity index (χ0) is 11.3. The van der Waals surface area contributed by atoms with Crippen molar-refractivity contribution in [2.45, 2.75) is 13.5 Å². The fraction of sp³-hybridized carbons (Fsp3) is 0.400. The second-order valence-electron chi connectivity index (χ2n) is 3.26. The van der Waals surface area contributed by atoms with Crippen molar-refractivity contribution in [1.82, 2.24) is 15.4 Å². The number of hydrogen-bond acceptors (Lipinski definition) is 3. The SMILES string of the molecule is C=CCNC(=O)N(C)Cc1cc(C)on1. The number of aromatic nitrogens is 1. The Balaban J connectivity index is 2.44. The van der Waals surface area contributed by atoms with Gasteiger partial charge in [0.15, 0.2) is 0 Å². The molecule has 0 aliphatic carbocycles. The van der Waals surface area contributed by atoms with Crippen molar-refractivity contribution in [3.05, 3.63) is 30.2 Å². The lowest BCUT2D eigenvalue weighted by Crippen LogP contribution is -2.36. The van der Waals surface area contributed by atoms with Gasteiger partial charge >= 0.3 is 6.03 Å². The highest BCUT2D eigenvalue weighted by Gasteiger charge is 2.09. The van der Waals surface area contributed by atoms with Crippen LogP contribution in [0, 0.1) is 6.92 Å². The van der Waals surface area contributed by atoms with Gasteiger partial charge in [-0.25, -0.2) is 4.79 Å². The Morgan fingerprint density at radius 1 is 1.80 bits per heavy atom. The number of carbonyl (C=O) groups is 1. The molecule has 82 valence electrons. The second-order valence-corrected chi connectivity index (χ2v) is 3.26. The summed E-state index contributed by atoms with van der Waals surface area (Å²) in [5, 5.41) is 6.47. The number of carbonyl (C=O) groups excluding carboxylic acids is 1. The van der Waals surface area contributed by atoms with E-state index in [-0.39, 0.29) is 6.03 Å². The Labute approximate surface area is 88.7 Å². The minimum Gasteiger partial charge on any atom is -0.361 e. The van der Waals surface area contributed by atoms with Gasteiger partial charge in [-0.3, -0.25) is 0 Å². The van der Waals surface area contributed by atoms with Crippen molar-refractivity contribution < 1.29 is 9.32 Å². The molecule has 0 aromatic carbocycles. The van der Waals surface area contributed by atoms with E-state index in [4.69, 9.17) is 4.52 Å². The van der Waals surface area contributed by atoms with E-state index in [1.54, 1.807) is 19.2 Å². The molecule has 5 heteroatoms. The maximum Gasteiger partial charge on any atom is 0.317 e. The Bertz CT molecular complexity index is 346. The van der Waals surface area contributed by atoms with Crippen LogP contribution < -0.4 is 5.32 Å². The smallest absolute Gasteiger partial charge is 0.317 e. The van der Waals surface area contributed by atoms with E-state index in [2.05, 4.69) is 17.1 Å². The Hall–Kier alpha value is -1.78. The van der Waals surface area contributed by atoms with Crippen LogP contribution in [-0.4, -0.2) is 29.7 Å². The van der Waals surface area contributed by atoms with Gasteiger partial charge in [0, 0.05) is 19.7 Å². The molecule has 1 N–H and O–H groups in total. The zero-order valence-electron chi connectivity index (χ0n) is 8.99. The van der Waals surface area contributed by atoms with Gasteiger partial charge in [-0.05, 0) is 6.92 Å². The van der Waals surface area contributed by atoms with Crippen molar-refractivity contribution in [2.75, 3.05) is 13.6 Å². The van der Waals surface area contributed by atoms with Crippen LogP contribution in [0.1, 0.15) is 11.5 Å². The van der Waals surface area contributed by atoms with Gasteiger partial charge in [0.05, 0.1) is 6.54 Å². The molecule has 1 aromatic rings. The summed E-state index contributed by atoms with van der Waals surface area (Å²) in [5.74, 6) is 0.741. The molecule has 0 aliphatic heterocycles. The van der Waals surface area contributed by atoms with Gasteiger partial charge in [0.25, 0.3) is 0 Å². The molecule has 0 saturated carbocycles. The highest BCUT2D eigenvalue weighted by atomic mass is 16.5. The third-order valence-electron chi connectivity index (χ3n) is 1.82. The number of hydrogen-bond donors (Lipinski definition) is 1. The summed E-state index contributed by atoms with van der Waals surface area (Å²) in [5.41, 5.74) is 0.740. The average molecular weight is 209 g/mol. The van der Waals surface area contributed by atoms with E-state index in [0.717, 1.165) is 11.5 Å². The molecule has 0 bridgehead atoms. The molecule has 1 rings (SSSR count). The van der Waals surface area contributed by atoms with Crippen molar-refractivity contribution in [1.29, 1.82) is 0 Å². The molecule has 5 nitrogen and oxygen atoms in total. The van der Waals surface area contributed by atoms with E-state index >= 15 is 0 Å². The van der Waals surface area contributed by atoms with Crippen LogP contribution in [0.15, 0.2) is 23.2 Å². The third-order valence-corrected chi connectivity index (χ3v) is 1.82. The number of urea groups is 1. The first-order valence-corrected chi connectivity index (χ1v) is 4.65. The topological polar surface area (TPSA) is 58.4 Å². The number of nitrogens with one attached hydrogen (secondary N) is 1. The van der Waals surface area contributed by atoms with E-state index in [1.807, 2.05) is 6.92 Å². The van der Waals surface area contributed by atoms with E-state index in [1.165, 1.54) is 4.90 Å². The molecule has 0 saturated heterocycles. The zero-order valence-corrected chi connectivity index (χ0v) is 8.99. The summed E-state index contributed by atoms with van der Waals surface area (Å²) < 4.78 is 4.90. The minimum atomic E-state index is -0.157. The molecule has 1 heterocycles. The van der Waals surface area contributed by atoms with Gasteiger partial charge in [0.2, 0.25) is 0 Å². The van der Waals surface area contributed by atoms with E-state index in [0.29, 0.717) is 13.1 Å². The first-order chi connectivity index (χ1) is 7.13. The molecule has 0 atom stereocenters. The summed E-state index contributed by atoms with van der Waals surface area (Å²) in [6.07, 6.45) is 1.63. The highest BCUT2D eigenvalue weighted by Crippen LogP contribution is 2.04. The van der Waals surface area contributed by atoms with E-state index in [9.17, 15) is 4.79 Å². The number of nitrogens with zero attached hydrogens (tertiary/aromatic N) is 2. The summed E-state index contributed by atoms with van der Waals surface area (Å²) in [6.45, 7) is 6.22. The van der Waals surface area contributed by atoms with Crippen LogP contribution in [0.2, 0.25) is 0 Å². The number of rotatable bonds is 4. The fourth-order valence-corrected chi connectivity index (χ4v) is 1.10. The lowest BCUT2D eigenvalue weighted by molar-refractivity contribution is 0.206. The van der Waals surface area contributed by atoms with Gasteiger partial charge in [0.1, 0.15) is 11.5 Å². The first-order valence-electron chi connectivity index (χ1n) is 4.65. The van der Waals surface area contributed by atoms with Gasteiger partial charge in [-0.2, -0.15) is 0 Å². The molecule has 0 unspecified atom stereocenters. The average Bonchev–Trinajstić information content (AvgIpc) is 2.60. The summed E-state index contributed by atoms with van der Waals surface area (Å²) in [7, 11) is 1.70. The first kappa shape index (κ1) is 11.3. The third kappa shape index (κ3) is 3.46. The predicted molar refractivity (Wildman–Crippen MR) is 56.3 cm³/mol. The Kier molecular flexibility index (Phi) is 3.91. The number of amides is 2. The van der Waals surface area contributed by atoms with Crippen molar-refractivity contribution in [3.8, 4) is 0 Å². The molecule has 1 aromatic heterocycles. The maximum atomic E-state index is 11.4. The van der Waals surface area contributed by atoms with Crippen LogP contribution in [0.25, 0.3) is 0 Å². The van der Waals surface area contributed by atoms with Crippen molar-refractivity contribution in [2.24, 2.45) is 0 Å². The molecule has 15 heavy (non-hydrogen) atoms. The highest BCUT2D eigenvalue weighted by molar-refractivity contribution is 5.73. The molecule has 0 fully saturated rings. The Morgan fingerprint density at radius 3 is 3.07 bits per heavy atom. The monoisotopic (exact) mass is 209 g/mol. The van der Waals surface area contributed by atoms with Gasteiger partial charge < -0.3 is 14.7 Å². The van der Waals surface area contributed by atoms with Crippen LogP contribution in [-0.2, 0) is 6.54 Å². The van der Waals surface area contributed by atoms with Gasteiger partial charge in [-0.15, -0.1) is 6.58 Å². The van der Waals surface area contributed by atoms with E-state index < -0.39 is 0 Å². The second kappa shape index (κ2) is 5.19. The largest absolute Gasteiger partial charge is 0.361 e. The minimum absolute atomic E-state index is 0.157. The quantitative estimate of drug-likeness (QED) is 0.760. The predicted octanol–water partition coefficient (Wildman–Crippen LogP) is 1.31. The maximum absolute atomic E-state index is 11.4. The summed E-state index contributed by atoms with van der Waals surface area (Å²) >= 11 is 0. The fourth-order valence-electron chi connectivity index (χ4n) is 1.10. The normalized spacial score (nSPS) is 9.73. The van der Waals surface area contributed by atoms with Crippen LogP contribution in [0.5, 0.6) is 0 Å². The molecular weight excluding hydrogens is 194 g/mol. The molecule has 2 amide bonds. The Morgan fingerprint density at radius 2 is 2.53 bits per heavy atom. The summed E-state index contributed by atoms with van der Waals surface area (Å²) in [4.78, 5) is 13.0. The number of aryl methyl sites for hydroxylation is 1.